The summed E-state index contributed by atoms with van der Waals surface area (Å²) in [7, 11) is 1.88. The minimum Gasteiger partial charge on any atom is -0.480 e. The molecule has 3 heteroatoms. The Balaban J connectivity index is 2.11. The number of benzene rings is 2. The Kier molecular flexibility index (Phi) is 5.52. The molecule has 0 atom stereocenters. The monoisotopic (exact) mass is 283 g/mol. The van der Waals surface area contributed by atoms with Crippen LogP contribution in [0.5, 0.6) is 0 Å². The molecule has 2 aromatic rings. The Bertz CT molecular complexity index is 512. The van der Waals surface area contributed by atoms with E-state index in [4.69, 9.17) is 5.11 Å². The molecular formula is C18H21NO2. The van der Waals surface area contributed by atoms with Crippen LogP contribution in [-0.2, 0) is 17.6 Å². The van der Waals surface area contributed by atoms with Crippen LogP contribution in [0.1, 0.15) is 11.1 Å². The lowest BCUT2D eigenvalue weighted by Gasteiger charge is -2.27. The molecule has 1 N–H and O–H groups in total. The van der Waals surface area contributed by atoms with E-state index in [2.05, 4.69) is 24.3 Å². The summed E-state index contributed by atoms with van der Waals surface area (Å²) in [5, 5.41) is 9.02. The molecule has 2 rings (SSSR count). The third-order valence-corrected chi connectivity index (χ3v) is 3.64. The highest BCUT2D eigenvalue weighted by atomic mass is 16.4. The van der Waals surface area contributed by atoms with E-state index in [0.717, 1.165) is 12.8 Å². The summed E-state index contributed by atoms with van der Waals surface area (Å²) in [6, 6.07) is 20.6. The van der Waals surface area contributed by atoms with Crippen molar-refractivity contribution in [1.29, 1.82) is 0 Å². The summed E-state index contributed by atoms with van der Waals surface area (Å²) in [6.07, 6.45) is 1.69. The highest BCUT2D eigenvalue weighted by Crippen LogP contribution is 2.13. The second kappa shape index (κ2) is 7.60. The molecular weight excluding hydrogens is 262 g/mol. The van der Waals surface area contributed by atoms with Crippen molar-refractivity contribution in [3.05, 3.63) is 71.8 Å². The van der Waals surface area contributed by atoms with Crippen molar-refractivity contribution < 1.29 is 9.90 Å². The number of carboxylic acids is 1. The SMILES string of the molecule is CN(CC(=O)O)C(Cc1ccccc1)Cc1ccccc1. The Hall–Kier alpha value is -2.13. The third kappa shape index (κ3) is 5.04. The van der Waals surface area contributed by atoms with Gasteiger partial charge >= 0.3 is 5.97 Å². The second-order valence-corrected chi connectivity index (χ2v) is 5.34. The van der Waals surface area contributed by atoms with Gasteiger partial charge in [-0.25, -0.2) is 0 Å². The number of carboxylic acid groups (broad SMARTS) is 1. The molecule has 0 saturated carbocycles. The molecule has 0 fully saturated rings. The van der Waals surface area contributed by atoms with Crippen molar-refractivity contribution in [2.45, 2.75) is 18.9 Å². The fraction of sp³-hybridized carbons (Fsp3) is 0.278. The van der Waals surface area contributed by atoms with Crippen molar-refractivity contribution in [3.8, 4) is 0 Å². The number of hydrogen-bond donors (Lipinski definition) is 1. The maximum absolute atomic E-state index is 11.0. The molecule has 21 heavy (non-hydrogen) atoms. The highest BCUT2D eigenvalue weighted by molar-refractivity contribution is 5.69. The van der Waals surface area contributed by atoms with Crippen LogP contribution in [0.25, 0.3) is 0 Å². The van der Waals surface area contributed by atoms with Crippen molar-refractivity contribution in [1.82, 2.24) is 4.90 Å². The Labute approximate surface area is 125 Å². The summed E-state index contributed by atoms with van der Waals surface area (Å²) in [5.74, 6) is -0.788. The number of rotatable bonds is 7. The Morgan fingerprint density at radius 2 is 1.38 bits per heavy atom. The Morgan fingerprint density at radius 3 is 1.76 bits per heavy atom. The van der Waals surface area contributed by atoms with Crippen LogP contribution in [0.2, 0.25) is 0 Å². The lowest BCUT2D eigenvalue weighted by molar-refractivity contribution is -0.138. The van der Waals surface area contributed by atoms with Crippen LogP contribution in [0.4, 0.5) is 0 Å². The zero-order valence-corrected chi connectivity index (χ0v) is 12.3. The molecule has 2 aromatic carbocycles. The topological polar surface area (TPSA) is 40.5 Å². The van der Waals surface area contributed by atoms with Gasteiger partial charge in [-0.05, 0) is 31.0 Å². The van der Waals surface area contributed by atoms with E-state index < -0.39 is 5.97 Å². The molecule has 0 aromatic heterocycles. The molecule has 0 aliphatic carbocycles. The lowest BCUT2D eigenvalue weighted by atomic mass is 9.98. The van der Waals surface area contributed by atoms with E-state index >= 15 is 0 Å². The van der Waals surface area contributed by atoms with Gasteiger partial charge in [-0.3, -0.25) is 9.69 Å². The van der Waals surface area contributed by atoms with Crippen LogP contribution in [0, 0.1) is 0 Å². The van der Waals surface area contributed by atoms with Crippen LogP contribution in [0.15, 0.2) is 60.7 Å². The summed E-state index contributed by atoms with van der Waals surface area (Å²) in [6.45, 7) is 0.0599. The maximum Gasteiger partial charge on any atom is 0.317 e. The van der Waals surface area contributed by atoms with Gasteiger partial charge in [0.25, 0.3) is 0 Å². The summed E-state index contributed by atoms with van der Waals surface area (Å²) < 4.78 is 0. The number of hydrogen-bond acceptors (Lipinski definition) is 2. The maximum atomic E-state index is 11.0. The van der Waals surface area contributed by atoms with Gasteiger partial charge in [0.05, 0.1) is 6.54 Å². The van der Waals surface area contributed by atoms with Crippen molar-refractivity contribution >= 4 is 5.97 Å². The van der Waals surface area contributed by atoms with Gasteiger partial charge in [-0.15, -0.1) is 0 Å². The molecule has 0 bridgehead atoms. The van der Waals surface area contributed by atoms with E-state index in [1.54, 1.807) is 0 Å². The minimum atomic E-state index is -0.788. The number of aliphatic carboxylic acids is 1. The first-order valence-electron chi connectivity index (χ1n) is 7.15. The first-order valence-corrected chi connectivity index (χ1v) is 7.15. The van der Waals surface area contributed by atoms with Gasteiger partial charge < -0.3 is 5.11 Å². The van der Waals surface area contributed by atoms with Crippen molar-refractivity contribution in [2.75, 3.05) is 13.6 Å². The zero-order valence-electron chi connectivity index (χ0n) is 12.3. The fourth-order valence-corrected chi connectivity index (χ4v) is 2.50. The molecule has 0 aliphatic rings. The fourth-order valence-electron chi connectivity index (χ4n) is 2.50. The normalized spacial score (nSPS) is 11.0. The van der Waals surface area contributed by atoms with Gasteiger partial charge in [-0.2, -0.15) is 0 Å². The van der Waals surface area contributed by atoms with Gasteiger partial charge in [0, 0.05) is 6.04 Å². The molecule has 0 heterocycles. The predicted octanol–water partition coefficient (Wildman–Crippen LogP) is 2.86. The van der Waals surface area contributed by atoms with E-state index in [1.807, 2.05) is 48.3 Å². The quantitative estimate of drug-likeness (QED) is 0.849. The van der Waals surface area contributed by atoms with E-state index in [0.29, 0.717) is 0 Å². The summed E-state index contributed by atoms with van der Waals surface area (Å²) >= 11 is 0. The molecule has 0 spiro atoms. The van der Waals surface area contributed by atoms with E-state index in [-0.39, 0.29) is 12.6 Å². The molecule has 3 nitrogen and oxygen atoms in total. The highest BCUT2D eigenvalue weighted by Gasteiger charge is 2.18. The smallest absolute Gasteiger partial charge is 0.317 e. The number of likely N-dealkylation sites (N-methyl/N-ethyl adjacent to an activating group) is 1. The largest absolute Gasteiger partial charge is 0.480 e. The second-order valence-electron chi connectivity index (χ2n) is 5.34. The van der Waals surface area contributed by atoms with Crippen LogP contribution in [-0.4, -0.2) is 35.6 Å². The van der Waals surface area contributed by atoms with Crippen LogP contribution < -0.4 is 0 Å². The number of carbonyl (C=O) groups is 1. The van der Waals surface area contributed by atoms with Crippen molar-refractivity contribution in [3.63, 3.8) is 0 Å². The average Bonchev–Trinajstić information content (AvgIpc) is 2.48. The molecule has 0 unspecified atom stereocenters. The zero-order chi connectivity index (χ0) is 15.1. The van der Waals surface area contributed by atoms with Gasteiger partial charge in [-0.1, -0.05) is 60.7 Å². The van der Waals surface area contributed by atoms with Crippen LogP contribution in [0.3, 0.4) is 0 Å². The van der Waals surface area contributed by atoms with Gasteiger partial charge in [0.2, 0.25) is 0 Å². The summed E-state index contributed by atoms with van der Waals surface area (Å²) in [5.41, 5.74) is 2.46. The average molecular weight is 283 g/mol. The summed E-state index contributed by atoms with van der Waals surface area (Å²) in [4.78, 5) is 12.9. The van der Waals surface area contributed by atoms with Crippen molar-refractivity contribution in [2.24, 2.45) is 0 Å². The van der Waals surface area contributed by atoms with Gasteiger partial charge in [0.15, 0.2) is 0 Å². The van der Waals surface area contributed by atoms with E-state index in [1.165, 1.54) is 11.1 Å². The Morgan fingerprint density at radius 1 is 0.952 bits per heavy atom. The molecule has 0 amide bonds. The minimum absolute atomic E-state index is 0.0599. The number of nitrogens with zero attached hydrogens (tertiary/aromatic N) is 1. The lowest BCUT2D eigenvalue weighted by Crippen LogP contribution is -2.38. The van der Waals surface area contributed by atoms with Crippen LogP contribution >= 0.6 is 0 Å². The molecule has 0 saturated heterocycles. The molecule has 0 radical (unpaired) electrons. The van der Waals surface area contributed by atoms with E-state index in [9.17, 15) is 4.79 Å². The molecule has 110 valence electrons. The third-order valence-electron chi connectivity index (χ3n) is 3.64. The standard InChI is InChI=1S/C18H21NO2/c1-19(14-18(20)21)17(12-15-8-4-2-5-9-15)13-16-10-6-3-7-11-16/h2-11,17H,12-14H2,1H3,(H,20,21). The first-order chi connectivity index (χ1) is 10.1. The first kappa shape index (κ1) is 15.3. The predicted molar refractivity (Wildman–Crippen MR) is 84.3 cm³/mol. The molecule has 0 aliphatic heterocycles. The van der Waals surface area contributed by atoms with Gasteiger partial charge in [0.1, 0.15) is 0 Å².